The Kier molecular flexibility index (Phi) is 6.65. The molecule has 0 bridgehead atoms. The van der Waals surface area contributed by atoms with Gasteiger partial charge in [-0.2, -0.15) is 5.10 Å². The van der Waals surface area contributed by atoms with Gasteiger partial charge in [0.1, 0.15) is 0 Å². The molecular weight excluding hydrogens is 414 g/mol. The number of nitrogens with two attached hydrogens (primary N) is 1. The van der Waals surface area contributed by atoms with Crippen molar-refractivity contribution in [3.05, 3.63) is 132 Å². The number of rotatable bonds is 5. The summed E-state index contributed by atoms with van der Waals surface area (Å²) >= 11 is 0. The summed E-state index contributed by atoms with van der Waals surface area (Å²) in [5, 5.41) is 4.22. The highest BCUT2D eigenvalue weighted by Crippen LogP contribution is 2.30. The lowest BCUT2D eigenvalue weighted by atomic mass is 9.86. The Morgan fingerprint density at radius 1 is 0.676 bits per heavy atom. The third-order valence-electron chi connectivity index (χ3n) is 5.95. The molecule has 170 valence electrons. The third kappa shape index (κ3) is 4.94. The van der Waals surface area contributed by atoms with E-state index in [0.29, 0.717) is 5.84 Å². The van der Waals surface area contributed by atoms with E-state index in [1.165, 1.54) is 11.1 Å². The lowest BCUT2D eigenvalue weighted by Crippen LogP contribution is -2.31. The Bertz CT molecular complexity index is 1260. The molecule has 0 saturated carbocycles. The van der Waals surface area contributed by atoms with Crippen LogP contribution in [-0.4, -0.2) is 5.84 Å². The van der Waals surface area contributed by atoms with Gasteiger partial charge in [0.2, 0.25) is 0 Å². The maximum absolute atomic E-state index is 5.99. The van der Waals surface area contributed by atoms with Crippen molar-refractivity contribution in [2.45, 2.75) is 26.2 Å². The van der Waals surface area contributed by atoms with E-state index in [4.69, 9.17) is 5.84 Å². The predicted octanol–water partition coefficient (Wildman–Crippen LogP) is 7.45. The topological polar surface area (TPSA) is 41.6 Å². The first-order chi connectivity index (χ1) is 16.4. The average molecular weight is 446 g/mol. The second kappa shape index (κ2) is 9.80. The van der Waals surface area contributed by atoms with Crippen molar-refractivity contribution in [2.24, 2.45) is 10.9 Å². The molecule has 3 heteroatoms. The summed E-state index contributed by atoms with van der Waals surface area (Å²) in [6, 6.07) is 37.3. The van der Waals surface area contributed by atoms with Gasteiger partial charge in [0.05, 0.1) is 0 Å². The summed E-state index contributed by atoms with van der Waals surface area (Å²) < 4.78 is 0. The van der Waals surface area contributed by atoms with Crippen LogP contribution >= 0.6 is 0 Å². The van der Waals surface area contributed by atoms with Crippen LogP contribution in [0.25, 0.3) is 16.8 Å². The molecule has 0 atom stereocenters. The zero-order chi connectivity index (χ0) is 24.1. The highest BCUT2D eigenvalue weighted by Gasteiger charge is 2.21. The molecule has 4 aromatic rings. The molecule has 4 rings (SSSR count). The molecule has 2 N–H and O–H groups in total. The second-order valence-electron chi connectivity index (χ2n) is 9.34. The van der Waals surface area contributed by atoms with E-state index in [-0.39, 0.29) is 5.41 Å². The van der Waals surface area contributed by atoms with Crippen LogP contribution in [0.15, 0.2) is 121 Å². The highest BCUT2D eigenvalue weighted by molar-refractivity contribution is 6.17. The first-order valence-electron chi connectivity index (χ1n) is 11.5. The van der Waals surface area contributed by atoms with Gasteiger partial charge < -0.3 is 5.84 Å². The Balaban J connectivity index is 1.72. The van der Waals surface area contributed by atoms with Crippen molar-refractivity contribution >= 4 is 17.2 Å². The number of hydrogen-bond donors (Lipinski definition) is 1. The van der Waals surface area contributed by atoms with E-state index < -0.39 is 0 Å². The summed E-state index contributed by atoms with van der Waals surface area (Å²) in [5.41, 5.74) is 7.35. The molecule has 0 unspecified atom stereocenters. The quantitative estimate of drug-likeness (QED) is 0.150. The maximum atomic E-state index is 5.99. The number of para-hydroxylation sites is 1. The zero-order valence-corrected chi connectivity index (χ0v) is 20.1. The minimum Gasteiger partial charge on any atom is -0.321 e. The Morgan fingerprint density at radius 2 is 1.18 bits per heavy atom. The molecule has 3 nitrogen and oxygen atoms in total. The first-order valence-corrected chi connectivity index (χ1v) is 11.5. The summed E-state index contributed by atoms with van der Waals surface area (Å²) in [6.07, 6.45) is 0. The van der Waals surface area contributed by atoms with Gasteiger partial charge in [0.25, 0.3) is 0 Å². The molecule has 0 amide bonds. The minimum atomic E-state index is 0.0712. The molecule has 4 aromatic carbocycles. The molecule has 34 heavy (non-hydrogen) atoms. The van der Waals surface area contributed by atoms with Crippen LogP contribution in [0.3, 0.4) is 0 Å². The van der Waals surface area contributed by atoms with Crippen molar-refractivity contribution in [2.75, 3.05) is 4.90 Å². The number of benzene rings is 4. The fraction of sp³-hybridized carbons (Fsp3) is 0.129. The number of hydrazone groups is 1. The zero-order valence-electron chi connectivity index (χ0n) is 20.1. The Hall–Kier alpha value is -4.11. The van der Waals surface area contributed by atoms with E-state index in [2.05, 4.69) is 93.1 Å². The van der Waals surface area contributed by atoms with Crippen LogP contribution in [0.5, 0.6) is 0 Å². The second-order valence-corrected chi connectivity index (χ2v) is 9.34. The molecule has 0 aliphatic rings. The average Bonchev–Trinajstić information content (AvgIpc) is 2.87. The molecule has 0 fully saturated rings. The minimum absolute atomic E-state index is 0.0712. The number of anilines is 1. The predicted molar refractivity (Wildman–Crippen MR) is 146 cm³/mol. The van der Waals surface area contributed by atoms with Crippen LogP contribution < -0.4 is 10.7 Å². The van der Waals surface area contributed by atoms with Crippen molar-refractivity contribution in [3.8, 4) is 11.1 Å². The Labute approximate surface area is 202 Å². The lowest BCUT2D eigenvalue weighted by molar-refractivity contribution is 0.590. The fourth-order valence-corrected chi connectivity index (χ4v) is 3.98. The van der Waals surface area contributed by atoms with Crippen molar-refractivity contribution in [1.82, 2.24) is 0 Å². The Morgan fingerprint density at radius 3 is 1.71 bits per heavy atom. The highest BCUT2D eigenvalue weighted by atomic mass is 15.3. The first kappa shape index (κ1) is 23.1. The van der Waals surface area contributed by atoms with Gasteiger partial charge >= 0.3 is 0 Å². The summed E-state index contributed by atoms with van der Waals surface area (Å²) in [4.78, 5) is 2.02. The molecule has 0 aromatic heterocycles. The normalized spacial score (nSPS) is 11.8. The van der Waals surface area contributed by atoms with Gasteiger partial charge in [-0.15, -0.1) is 0 Å². The number of hydrogen-bond acceptors (Lipinski definition) is 2. The van der Waals surface area contributed by atoms with Gasteiger partial charge in [-0.05, 0) is 39.8 Å². The monoisotopic (exact) mass is 445 g/mol. The molecule has 0 spiro atoms. The number of amidine groups is 1. The molecule has 0 heterocycles. The number of nitrogens with zero attached hydrogens (tertiary/aromatic N) is 2. The van der Waals surface area contributed by atoms with E-state index in [9.17, 15) is 0 Å². The largest absolute Gasteiger partial charge is 0.321 e. The smallest absolute Gasteiger partial charge is 0.164 e. The summed E-state index contributed by atoms with van der Waals surface area (Å²) in [5.74, 6) is 6.63. The van der Waals surface area contributed by atoms with Crippen LogP contribution in [0, 0.1) is 0 Å². The summed E-state index contributed by atoms with van der Waals surface area (Å²) in [6.45, 7) is 11.1. The molecule has 0 saturated heterocycles. The van der Waals surface area contributed by atoms with Crippen LogP contribution in [0.4, 0.5) is 5.69 Å². The third-order valence-corrected chi connectivity index (χ3v) is 5.95. The van der Waals surface area contributed by atoms with Crippen molar-refractivity contribution in [3.63, 3.8) is 0 Å². The molecule has 0 aliphatic heterocycles. The molecular formula is C31H31N3. The van der Waals surface area contributed by atoms with Gasteiger partial charge in [-0.25, -0.2) is 0 Å². The van der Waals surface area contributed by atoms with Crippen LogP contribution in [0.2, 0.25) is 0 Å². The lowest BCUT2D eigenvalue weighted by Gasteiger charge is -2.28. The standard InChI is InChI=1S/C31H31N3/c1-23(24-15-17-26(18-16-24)25-11-7-5-8-12-25)34(29-13-9-6-10-14-29)30(33-32)27-19-21-28(22-20-27)31(2,3)4/h5-22H,1,32H2,2-4H3/b33-30-. The SMILES string of the molecule is C=C(c1ccc(-c2ccccc2)cc1)N(/C(=N\N)c1ccc(C(C)(C)C)cc1)c1ccccc1. The fourth-order valence-electron chi connectivity index (χ4n) is 3.98. The molecule has 0 radical (unpaired) electrons. The van der Waals surface area contributed by atoms with Gasteiger partial charge in [-0.3, -0.25) is 4.90 Å². The van der Waals surface area contributed by atoms with Crippen molar-refractivity contribution in [1.29, 1.82) is 0 Å². The van der Waals surface area contributed by atoms with Crippen LogP contribution in [-0.2, 0) is 5.41 Å². The van der Waals surface area contributed by atoms with Gasteiger partial charge in [0, 0.05) is 16.9 Å². The van der Waals surface area contributed by atoms with Gasteiger partial charge in [0.15, 0.2) is 5.84 Å². The summed E-state index contributed by atoms with van der Waals surface area (Å²) in [7, 11) is 0. The van der Waals surface area contributed by atoms with Crippen LogP contribution in [0.1, 0.15) is 37.5 Å². The van der Waals surface area contributed by atoms with E-state index in [1.54, 1.807) is 0 Å². The van der Waals surface area contributed by atoms with E-state index >= 15 is 0 Å². The van der Waals surface area contributed by atoms with Gasteiger partial charge in [-0.1, -0.05) is 124 Å². The molecule has 0 aliphatic carbocycles. The van der Waals surface area contributed by atoms with E-state index in [1.807, 2.05) is 53.4 Å². The van der Waals surface area contributed by atoms with E-state index in [0.717, 1.165) is 28.1 Å². The maximum Gasteiger partial charge on any atom is 0.164 e. The van der Waals surface area contributed by atoms with Crippen molar-refractivity contribution < 1.29 is 0 Å².